The minimum absolute atomic E-state index is 0. The number of carbonyl (C=O) groups is 1. The second-order valence-electron chi connectivity index (χ2n) is 3.87. The van der Waals surface area contributed by atoms with Crippen molar-refractivity contribution < 1.29 is 17.9 Å². The van der Waals surface area contributed by atoms with Gasteiger partial charge in [-0.15, -0.1) is 12.4 Å². The van der Waals surface area contributed by atoms with Crippen LogP contribution in [0.25, 0.3) is 0 Å². The fraction of sp³-hybridized carbons (Fsp3) is 0.600. The van der Waals surface area contributed by atoms with Gasteiger partial charge in [-0.1, -0.05) is 0 Å². The number of halogens is 1. The number of H-pyrrole nitrogens is 1. The summed E-state index contributed by atoms with van der Waals surface area (Å²) >= 11 is 0. The Kier molecular flexibility index (Phi) is 7.72. The standard InChI is InChI=1S/C10H18N4O4S.ClH/c1-4-18-10(15)8-6-12-14-9(8)19(16,17)13-5-7(2)11-3;/h6-7,11,13H,4-5H2,1-3H3,(H,12,14);1H. The number of sulfonamides is 1. The summed E-state index contributed by atoms with van der Waals surface area (Å²) in [6.45, 7) is 3.81. The molecule has 1 atom stereocenters. The highest BCUT2D eigenvalue weighted by Gasteiger charge is 2.25. The molecule has 0 amide bonds. The van der Waals surface area contributed by atoms with Crippen molar-refractivity contribution in [1.29, 1.82) is 0 Å². The molecule has 0 saturated carbocycles. The third-order valence-electron chi connectivity index (χ3n) is 2.44. The number of aromatic amines is 1. The summed E-state index contributed by atoms with van der Waals surface area (Å²) in [5, 5.41) is 8.50. The van der Waals surface area contributed by atoms with Gasteiger partial charge in [0.1, 0.15) is 5.56 Å². The van der Waals surface area contributed by atoms with E-state index in [9.17, 15) is 13.2 Å². The zero-order chi connectivity index (χ0) is 14.5. The number of hydrogen-bond donors (Lipinski definition) is 3. The highest BCUT2D eigenvalue weighted by atomic mass is 35.5. The van der Waals surface area contributed by atoms with Gasteiger partial charge in [0.05, 0.1) is 12.8 Å². The summed E-state index contributed by atoms with van der Waals surface area (Å²) < 4.78 is 31.2. The van der Waals surface area contributed by atoms with Crippen LogP contribution in [0.2, 0.25) is 0 Å². The number of esters is 1. The number of ether oxygens (including phenoxy) is 1. The van der Waals surface area contributed by atoms with Crippen molar-refractivity contribution in [2.45, 2.75) is 24.9 Å². The molecule has 0 aliphatic rings. The summed E-state index contributed by atoms with van der Waals surface area (Å²) in [6.07, 6.45) is 1.13. The van der Waals surface area contributed by atoms with Crippen molar-refractivity contribution in [2.24, 2.45) is 0 Å². The van der Waals surface area contributed by atoms with E-state index >= 15 is 0 Å². The second kappa shape index (κ2) is 8.20. The van der Waals surface area contributed by atoms with Crippen LogP contribution in [0.1, 0.15) is 24.2 Å². The lowest BCUT2D eigenvalue weighted by atomic mass is 10.4. The van der Waals surface area contributed by atoms with Crippen LogP contribution in [0.15, 0.2) is 11.2 Å². The van der Waals surface area contributed by atoms with Gasteiger partial charge in [-0.3, -0.25) is 5.10 Å². The largest absolute Gasteiger partial charge is 0.462 e. The molecule has 0 spiro atoms. The van der Waals surface area contributed by atoms with Gasteiger partial charge in [0, 0.05) is 12.6 Å². The number of hydrogen-bond acceptors (Lipinski definition) is 6. The normalized spacial score (nSPS) is 12.6. The van der Waals surface area contributed by atoms with E-state index in [0.29, 0.717) is 0 Å². The first kappa shape index (κ1) is 18.8. The molecule has 0 aliphatic heterocycles. The van der Waals surface area contributed by atoms with E-state index in [0.717, 1.165) is 6.20 Å². The first-order valence-corrected chi connectivity index (χ1v) is 7.28. The average molecular weight is 327 g/mol. The maximum Gasteiger partial charge on any atom is 0.342 e. The van der Waals surface area contributed by atoms with Crippen molar-refractivity contribution in [3.8, 4) is 0 Å². The quantitative estimate of drug-likeness (QED) is 0.603. The highest BCUT2D eigenvalue weighted by Crippen LogP contribution is 2.12. The molecule has 0 radical (unpaired) electrons. The van der Waals surface area contributed by atoms with Crippen LogP contribution in [0.5, 0.6) is 0 Å². The van der Waals surface area contributed by atoms with Crippen molar-refractivity contribution >= 4 is 28.4 Å². The van der Waals surface area contributed by atoms with Crippen molar-refractivity contribution in [2.75, 3.05) is 20.2 Å². The van der Waals surface area contributed by atoms with E-state index in [4.69, 9.17) is 4.74 Å². The lowest BCUT2D eigenvalue weighted by Gasteiger charge is -2.11. The van der Waals surface area contributed by atoms with Gasteiger partial charge < -0.3 is 10.1 Å². The van der Waals surface area contributed by atoms with Crippen LogP contribution in [0.4, 0.5) is 0 Å². The third-order valence-corrected chi connectivity index (χ3v) is 3.84. The molecule has 0 saturated heterocycles. The minimum atomic E-state index is -3.82. The number of aromatic nitrogens is 2. The predicted molar refractivity (Wildman–Crippen MR) is 75.5 cm³/mol. The fourth-order valence-electron chi connectivity index (χ4n) is 1.24. The molecular weight excluding hydrogens is 308 g/mol. The Morgan fingerprint density at radius 3 is 2.75 bits per heavy atom. The third kappa shape index (κ3) is 4.75. The van der Waals surface area contributed by atoms with E-state index in [1.807, 2.05) is 6.92 Å². The molecule has 1 unspecified atom stereocenters. The zero-order valence-corrected chi connectivity index (χ0v) is 13.1. The van der Waals surface area contributed by atoms with Crippen molar-refractivity contribution in [3.63, 3.8) is 0 Å². The monoisotopic (exact) mass is 326 g/mol. The summed E-state index contributed by atoms with van der Waals surface area (Å²) in [5.74, 6) is -0.724. The smallest absolute Gasteiger partial charge is 0.342 e. The van der Waals surface area contributed by atoms with Crippen LogP contribution >= 0.6 is 12.4 Å². The van der Waals surface area contributed by atoms with Crippen LogP contribution in [0, 0.1) is 0 Å². The topological polar surface area (TPSA) is 113 Å². The van der Waals surface area contributed by atoms with E-state index in [-0.39, 0.29) is 42.2 Å². The molecule has 0 fully saturated rings. The predicted octanol–water partition coefficient (Wildman–Crippen LogP) is -0.106. The van der Waals surface area contributed by atoms with Gasteiger partial charge in [0.2, 0.25) is 0 Å². The Morgan fingerprint density at radius 2 is 2.20 bits per heavy atom. The molecule has 3 N–H and O–H groups in total. The number of nitrogens with zero attached hydrogens (tertiary/aromatic N) is 1. The summed E-state index contributed by atoms with van der Waals surface area (Å²) in [4.78, 5) is 11.6. The number of likely N-dealkylation sites (N-methyl/N-ethyl adjacent to an activating group) is 1. The van der Waals surface area contributed by atoms with Gasteiger partial charge in [0.25, 0.3) is 10.0 Å². The van der Waals surface area contributed by atoms with Gasteiger partial charge in [-0.05, 0) is 20.9 Å². The van der Waals surface area contributed by atoms with Crippen LogP contribution in [-0.4, -0.2) is 50.8 Å². The molecule has 0 aromatic carbocycles. The van der Waals surface area contributed by atoms with E-state index < -0.39 is 16.0 Å². The Hall–Kier alpha value is -1.16. The molecule has 1 aromatic rings. The van der Waals surface area contributed by atoms with E-state index in [2.05, 4.69) is 20.2 Å². The van der Waals surface area contributed by atoms with E-state index in [1.54, 1.807) is 14.0 Å². The first-order valence-electron chi connectivity index (χ1n) is 5.79. The summed E-state index contributed by atoms with van der Waals surface area (Å²) in [7, 11) is -2.10. The minimum Gasteiger partial charge on any atom is -0.462 e. The molecule has 1 rings (SSSR count). The summed E-state index contributed by atoms with van der Waals surface area (Å²) in [5.41, 5.74) is -0.105. The molecule has 116 valence electrons. The Labute approximate surface area is 124 Å². The maximum absolute atomic E-state index is 12.0. The molecule has 1 aromatic heterocycles. The molecule has 20 heavy (non-hydrogen) atoms. The van der Waals surface area contributed by atoms with Gasteiger partial charge in [-0.2, -0.15) is 5.10 Å². The van der Waals surface area contributed by atoms with Crippen LogP contribution in [0.3, 0.4) is 0 Å². The molecule has 8 nitrogen and oxygen atoms in total. The van der Waals surface area contributed by atoms with Crippen LogP contribution in [-0.2, 0) is 14.8 Å². The SMILES string of the molecule is CCOC(=O)c1cn[nH]c1S(=O)(=O)NCC(C)NC.Cl. The molecule has 0 aliphatic carbocycles. The van der Waals surface area contributed by atoms with Gasteiger partial charge in [-0.25, -0.2) is 17.9 Å². The lowest BCUT2D eigenvalue weighted by molar-refractivity contribution is 0.0522. The Bertz CT molecular complexity index is 531. The molecule has 10 heteroatoms. The molecule has 1 heterocycles. The first-order chi connectivity index (χ1) is 8.92. The number of rotatable bonds is 7. The Morgan fingerprint density at radius 1 is 1.55 bits per heavy atom. The fourth-order valence-corrected chi connectivity index (χ4v) is 2.45. The van der Waals surface area contributed by atoms with Crippen LogP contribution < -0.4 is 10.0 Å². The number of nitrogens with one attached hydrogen (secondary N) is 3. The second-order valence-corrected chi connectivity index (χ2v) is 5.58. The molecule has 0 bridgehead atoms. The number of carbonyl (C=O) groups excluding carboxylic acids is 1. The zero-order valence-electron chi connectivity index (χ0n) is 11.5. The average Bonchev–Trinajstić information content (AvgIpc) is 2.86. The van der Waals surface area contributed by atoms with E-state index in [1.165, 1.54) is 0 Å². The molecular formula is C10H19ClN4O4S. The summed E-state index contributed by atoms with van der Waals surface area (Å²) in [6, 6.07) is -0.0382. The van der Waals surface area contributed by atoms with Gasteiger partial charge >= 0.3 is 5.97 Å². The lowest BCUT2D eigenvalue weighted by Crippen LogP contribution is -2.37. The maximum atomic E-state index is 12.0. The Balaban J connectivity index is 0.00000361. The van der Waals surface area contributed by atoms with Crippen molar-refractivity contribution in [1.82, 2.24) is 20.2 Å². The van der Waals surface area contributed by atoms with Gasteiger partial charge in [0.15, 0.2) is 5.03 Å². The van der Waals surface area contributed by atoms with Crippen molar-refractivity contribution in [3.05, 3.63) is 11.8 Å². The highest BCUT2D eigenvalue weighted by molar-refractivity contribution is 7.89.